The highest BCUT2D eigenvalue weighted by Crippen LogP contribution is 2.20. The zero-order chi connectivity index (χ0) is 16.6. The van der Waals surface area contributed by atoms with Gasteiger partial charge >= 0.3 is 11.9 Å². The Labute approximate surface area is 126 Å². The standard InChI is InChI=1S/C15H27NO5/c1-10(13(18)19)9-12(17)16-11(2)14(20)21-8-6-7-15(3,4)5/h10-11H,6-9H2,1-5H3,(H,16,17)(H,18,19). The SMILES string of the molecule is CC(CC(=O)NC(C)C(=O)OCCCC(C)(C)C)C(=O)O. The topological polar surface area (TPSA) is 92.7 Å². The molecule has 0 spiro atoms. The number of hydrogen-bond donors (Lipinski definition) is 2. The van der Waals surface area contributed by atoms with Crippen LogP contribution in [0.1, 0.15) is 53.9 Å². The molecule has 2 unspecified atom stereocenters. The maximum absolute atomic E-state index is 11.7. The third-order valence-corrected chi connectivity index (χ3v) is 2.96. The van der Waals surface area contributed by atoms with Gasteiger partial charge in [0.25, 0.3) is 0 Å². The maximum Gasteiger partial charge on any atom is 0.328 e. The van der Waals surface area contributed by atoms with Gasteiger partial charge in [0.05, 0.1) is 12.5 Å². The molecule has 0 aromatic heterocycles. The number of carboxylic acid groups (broad SMARTS) is 1. The van der Waals surface area contributed by atoms with Crippen LogP contribution in [0.2, 0.25) is 0 Å². The second kappa shape index (κ2) is 8.64. The van der Waals surface area contributed by atoms with Gasteiger partial charge in [-0.25, -0.2) is 4.79 Å². The molecule has 0 bridgehead atoms. The molecule has 0 heterocycles. The molecule has 0 saturated carbocycles. The maximum atomic E-state index is 11.7. The molecule has 0 aliphatic carbocycles. The molecule has 0 rings (SSSR count). The monoisotopic (exact) mass is 301 g/mol. The number of ether oxygens (including phenoxy) is 1. The van der Waals surface area contributed by atoms with Gasteiger partial charge in [0.2, 0.25) is 5.91 Å². The summed E-state index contributed by atoms with van der Waals surface area (Å²) in [4.78, 5) is 33.9. The Kier molecular flexibility index (Phi) is 7.99. The molecule has 0 saturated heterocycles. The van der Waals surface area contributed by atoms with Crippen LogP contribution in [0.3, 0.4) is 0 Å². The second-order valence-corrected chi connectivity index (χ2v) is 6.56. The fourth-order valence-corrected chi connectivity index (χ4v) is 1.62. The average Bonchev–Trinajstić information content (AvgIpc) is 2.32. The number of aliphatic carboxylic acids is 1. The lowest BCUT2D eigenvalue weighted by atomic mass is 9.91. The summed E-state index contributed by atoms with van der Waals surface area (Å²) in [6, 6.07) is -0.770. The first-order chi connectivity index (χ1) is 9.53. The summed E-state index contributed by atoms with van der Waals surface area (Å²) in [5, 5.41) is 11.2. The van der Waals surface area contributed by atoms with E-state index >= 15 is 0 Å². The lowest BCUT2D eigenvalue weighted by molar-refractivity contribution is -0.148. The Morgan fingerprint density at radius 3 is 2.24 bits per heavy atom. The van der Waals surface area contributed by atoms with Crippen molar-refractivity contribution < 1.29 is 24.2 Å². The number of amides is 1. The van der Waals surface area contributed by atoms with E-state index in [9.17, 15) is 14.4 Å². The lowest BCUT2D eigenvalue weighted by Gasteiger charge is -2.18. The fourth-order valence-electron chi connectivity index (χ4n) is 1.62. The molecule has 2 atom stereocenters. The summed E-state index contributed by atoms with van der Waals surface area (Å²) in [7, 11) is 0. The molecule has 0 fully saturated rings. The molecular weight excluding hydrogens is 274 g/mol. The summed E-state index contributed by atoms with van der Waals surface area (Å²) in [6.07, 6.45) is 1.56. The smallest absolute Gasteiger partial charge is 0.328 e. The average molecular weight is 301 g/mol. The van der Waals surface area contributed by atoms with Gasteiger partial charge in [-0.05, 0) is 25.2 Å². The molecule has 6 heteroatoms. The van der Waals surface area contributed by atoms with Gasteiger partial charge in [0, 0.05) is 6.42 Å². The van der Waals surface area contributed by atoms with Crippen molar-refractivity contribution in [2.24, 2.45) is 11.3 Å². The molecule has 6 nitrogen and oxygen atoms in total. The number of hydrogen-bond acceptors (Lipinski definition) is 4. The van der Waals surface area contributed by atoms with Crippen molar-refractivity contribution >= 4 is 17.8 Å². The summed E-state index contributed by atoms with van der Waals surface area (Å²) in [5.41, 5.74) is 0.194. The van der Waals surface area contributed by atoms with Crippen LogP contribution in [0.5, 0.6) is 0 Å². The molecular formula is C15H27NO5. The van der Waals surface area contributed by atoms with E-state index in [0.717, 1.165) is 12.8 Å². The van der Waals surface area contributed by atoms with E-state index in [-0.39, 0.29) is 11.8 Å². The van der Waals surface area contributed by atoms with Gasteiger partial charge in [0.15, 0.2) is 0 Å². The van der Waals surface area contributed by atoms with Gasteiger partial charge in [-0.3, -0.25) is 9.59 Å². The molecule has 2 N–H and O–H groups in total. The van der Waals surface area contributed by atoms with E-state index in [1.54, 1.807) is 0 Å². The number of carbonyl (C=O) groups is 3. The fraction of sp³-hybridized carbons (Fsp3) is 0.800. The largest absolute Gasteiger partial charge is 0.481 e. The summed E-state index contributed by atoms with van der Waals surface area (Å²) >= 11 is 0. The molecule has 0 aliphatic heterocycles. The summed E-state index contributed by atoms with van der Waals surface area (Å²) < 4.78 is 5.08. The van der Waals surface area contributed by atoms with Gasteiger partial charge in [-0.15, -0.1) is 0 Å². The van der Waals surface area contributed by atoms with Crippen LogP contribution in [-0.2, 0) is 19.1 Å². The third kappa shape index (κ3) is 9.87. The third-order valence-electron chi connectivity index (χ3n) is 2.96. The molecule has 0 radical (unpaired) electrons. The first-order valence-electron chi connectivity index (χ1n) is 7.21. The second-order valence-electron chi connectivity index (χ2n) is 6.56. The van der Waals surface area contributed by atoms with Crippen molar-refractivity contribution in [1.82, 2.24) is 5.32 Å². The van der Waals surface area contributed by atoms with Crippen LogP contribution in [0.15, 0.2) is 0 Å². The quantitative estimate of drug-likeness (QED) is 0.528. The summed E-state index contributed by atoms with van der Waals surface area (Å²) in [6.45, 7) is 9.62. The summed E-state index contributed by atoms with van der Waals surface area (Å²) in [5.74, 6) is -2.79. The highest BCUT2D eigenvalue weighted by molar-refractivity contribution is 5.86. The zero-order valence-electron chi connectivity index (χ0n) is 13.6. The van der Waals surface area contributed by atoms with Crippen molar-refractivity contribution in [3.05, 3.63) is 0 Å². The Balaban J connectivity index is 3.99. The first-order valence-corrected chi connectivity index (χ1v) is 7.21. The van der Waals surface area contributed by atoms with Crippen molar-refractivity contribution in [2.75, 3.05) is 6.61 Å². The first kappa shape index (κ1) is 19.4. The van der Waals surface area contributed by atoms with E-state index in [1.807, 2.05) is 0 Å². The molecule has 0 aliphatic rings. The molecule has 21 heavy (non-hydrogen) atoms. The van der Waals surface area contributed by atoms with Crippen LogP contribution in [-0.4, -0.2) is 35.6 Å². The van der Waals surface area contributed by atoms with Crippen molar-refractivity contribution in [3.63, 3.8) is 0 Å². The Hall–Kier alpha value is -1.59. The molecule has 122 valence electrons. The highest BCUT2D eigenvalue weighted by Gasteiger charge is 2.21. The van der Waals surface area contributed by atoms with Crippen molar-refractivity contribution in [3.8, 4) is 0 Å². The van der Waals surface area contributed by atoms with Crippen LogP contribution >= 0.6 is 0 Å². The molecule has 0 aromatic carbocycles. The number of esters is 1. The van der Waals surface area contributed by atoms with Gasteiger partial charge in [0.1, 0.15) is 6.04 Å². The number of carboxylic acids is 1. The van der Waals surface area contributed by atoms with Crippen LogP contribution in [0.25, 0.3) is 0 Å². The van der Waals surface area contributed by atoms with Crippen molar-refractivity contribution in [2.45, 2.75) is 59.9 Å². The van der Waals surface area contributed by atoms with Crippen LogP contribution < -0.4 is 5.32 Å². The Morgan fingerprint density at radius 2 is 1.76 bits per heavy atom. The van der Waals surface area contributed by atoms with E-state index in [2.05, 4.69) is 26.1 Å². The number of rotatable bonds is 8. The normalized spacial score (nSPS) is 14.1. The van der Waals surface area contributed by atoms with Gasteiger partial charge in [-0.2, -0.15) is 0 Å². The van der Waals surface area contributed by atoms with E-state index in [1.165, 1.54) is 13.8 Å². The predicted molar refractivity (Wildman–Crippen MR) is 78.7 cm³/mol. The minimum absolute atomic E-state index is 0.156. The predicted octanol–water partition coefficient (Wildman–Crippen LogP) is 1.97. The van der Waals surface area contributed by atoms with Crippen LogP contribution in [0, 0.1) is 11.3 Å². The van der Waals surface area contributed by atoms with E-state index in [4.69, 9.17) is 9.84 Å². The number of nitrogens with one attached hydrogen (secondary N) is 1. The van der Waals surface area contributed by atoms with Crippen molar-refractivity contribution in [1.29, 1.82) is 0 Å². The highest BCUT2D eigenvalue weighted by atomic mass is 16.5. The zero-order valence-corrected chi connectivity index (χ0v) is 13.6. The Bertz CT molecular complexity index is 373. The van der Waals surface area contributed by atoms with Gasteiger partial charge < -0.3 is 15.2 Å². The van der Waals surface area contributed by atoms with E-state index < -0.39 is 29.8 Å². The van der Waals surface area contributed by atoms with Gasteiger partial charge in [-0.1, -0.05) is 27.7 Å². The van der Waals surface area contributed by atoms with Crippen LogP contribution in [0.4, 0.5) is 0 Å². The lowest BCUT2D eigenvalue weighted by Crippen LogP contribution is -2.40. The minimum Gasteiger partial charge on any atom is -0.481 e. The minimum atomic E-state index is -1.04. The number of carbonyl (C=O) groups excluding carboxylic acids is 2. The molecule has 1 amide bonds. The Morgan fingerprint density at radius 1 is 1.19 bits per heavy atom. The van der Waals surface area contributed by atoms with E-state index in [0.29, 0.717) is 6.61 Å². The molecule has 0 aromatic rings.